The molecule has 0 saturated carbocycles. The van der Waals surface area contributed by atoms with E-state index in [1.165, 1.54) is 6.07 Å². The zero-order chi connectivity index (χ0) is 13.8. The van der Waals surface area contributed by atoms with Crippen molar-refractivity contribution in [1.29, 1.82) is 0 Å². The quantitative estimate of drug-likeness (QED) is 0.886. The molecule has 0 radical (unpaired) electrons. The number of ether oxygens (including phenoxy) is 1. The second-order valence-electron chi connectivity index (χ2n) is 4.35. The van der Waals surface area contributed by atoms with Crippen molar-refractivity contribution >= 4 is 11.4 Å². The fraction of sp³-hybridized carbons (Fsp3) is 0.200. The molecule has 0 aromatic heterocycles. The number of methoxy groups -OCH3 is 1. The Labute approximate surface area is 112 Å². The highest BCUT2D eigenvalue weighted by atomic mass is 19.1. The first-order valence-electron chi connectivity index (χ1n) is 6.04. The van der Waals surface area contributed by atoms with Crippen molar-refractivity contribution < 1.29 is 9.13 Å². The normalized spacial score (nSPS) is 10.3. The highest BCUT2D eigenvalue weighted by molar-refractivity contribution is 5.67. The predicted molar refractivity (Wildman–Crippen MR) is 75.3 cm³/mol. The van der Waals surface area contributed by atoms with Crippen LogP contribution in [0.2, 0.25) is 0 Å². The largest absolute Gasteiger partial charge is 0.495 e. The lowest BCUT2D eigenvalue weighted by molar-refractivity contribution is 0.416. The zero-order valence-corrected chi connectivity index (χ0v) is 11.0. The minimum atomic E-state index is -0.327. The molecular formula is C15H17FN2O. The summed E-state index contributed by atoms with van der Waals surface area (Å²) < 4.78 is 19.2. The lowest BCUT2D eigenvalue weighted by Crippen LogP contribution is -2.00. The number of rotatable bonds is 4. The third-order valence-corrected chi connectivity index (χ3v) is 2.89. The molecule has 19 heavy (non-hydrogen) atoms. The van der Waals surface area contributed by atoms with E-state index in [-0.39, 0.29) is 5.82 Å². The summed E-state index contributed by atoms with van der Waals surface area (Å²) in [6, 6.07) is 10.6. The van der Waals surface area contributed by atoms with E-state index < -0.39 is 0 Å². The van der Waals surface area contributed by atoms with Gasteiger partial charge in [-0.25, -0.2) is 4.39 Å². The number of anilines is 2. The summed E-state index contributed by atoms with van der Waals surface area (Å²) in [5, 5.41) is 3.04. The first kappa shape index (κ1) is 13.4. The van der Waals surface area contributed by atoms with Crippen LogP contribution in [-0.4, -0.2) is 7.11 Å². The fourth-order valence-corrected chi connectivity index (χ4v) is 1.85. The lowest BCUT2D eigenvalue weighted by Gasteiger charge is -2.13. The second-order valence-corrected chi connectivity index (χ2v) is 4.35. The summed E-state index contributed by atoms with van der Waals surface area (Å²) in [7, 11) is 1.59. The van der Waals surface area contributed by atoms with Crippen LogP contribution in [0.25, 0.3) is 0 Å². The third-order valence-electron chi connectivity index (χ3n) is 2.89. The zero-order valence-electron chi connectivity index (χ0n) is 11.0. The smallest absolute Gasteiger partial charge is 0.146 e. The Morgan fingerprint density at radius 1 is 1.16 bits per heavy atom. The van der Waals surface area contributed by atoms with Gasteiger partial charge in [0.15, 0.2) is 0 Å². The number of hydrogen-bond acceptors (Lipinski definition) is 3. The molecule has 4 heteroatoms. The van der Waals surface area contributed by atoms with Gasteiger partial charge in [-0.15, -0.1) is 0 Å². The summed E-state index contributed by atoms with van der Waals surface area (Å²) in [5.74, 6) is 0.347. The summed E-state index contributed by atoms with van der Waals surface area (Å²) in [6.07, 6.45) is 0. The molecule has 0 aliphatic carbocycles. The van der Waals surface area contributed by atoms with E-state index >= 15 is 0 Å². The molecule has 0 aliphatic heterocycles. The molecule has 3 N–H and O–H groups in total. The van der Waals surface area contributed by atoms with Gasteiger partial charge in [0, 0.05) is 6.54 Å². The highest BCUT2D eigenvalue weighted by Crippen LogP contribution is 2.29. The van der Waals surface area contributed by atoms with Gasteiger partial charge in [-0.05, 0) is 42.3 Å². The van der Waals surface area contributed by atoms with E-state index in [2.05, 4.69) is 5.32 Å². The van der Waals surface area contributed by atoms with E-state index in [1.54, 1.807) is 19.2 Å². The number of aryl methyl sites for hydroxylation is 1. The van der Waals surface area contributed by atoms with Crippen molar-refractivity contribution in [2.45, 2.75) is 13.5 Å². The maximum atomic E-state index is 13.9. The molecule has 0 spiro atoms. The SMILES string of the molecule is COc1ccc(C)cc1Nc1ccc(CN)cc1F. The monoisotopic (exact) mass is 260 g/mol. The summed E-state index contributed by atoms with van der Waals surface area (Å²) in [4.78, 5) is 0. The molecule has 100 valence electrons. The summed E-state index contributed by atoms with van der Waals surface area (Å²) in [6.45, 7) is 2.30. The van der Waals surface area contributed by atoms with Crippen LogP contribution in [0, 0.1) is 12.7 Å². The maximum Gasteiger partial charge on any atom is 0.146 e. The Morgan fingerprint density at radius 3 is 2.58 bits per heavy atom. The van der Waals surface area contributed by atoms with Crippen molar-refractivity contribution in [1.82, 2.24) is 0 Å². The molecule has 0 atom stereocenters. The van der Waals surface area contributed by atoms with Crippen LogP contribution in [0.1, 0.15) is 11.1 Å². The Kier molecular flexibility index (Phi) is 4.02. The molecule has 2 rings (SSSR count). The highest BCUT2D eigenvalue weighted by Gasteiger charge is 2.07. The van der Waals surface area contributed by atoms with Gasteiger partial charge in [0.25, 0.3) is 0 Å². The van der Waals surface area contributed by atoms with E-state index in [9.17, 15) is 4.39 Å². The molecule has 0 saturated heterocycles. The molecule has 2 aromatic rings. The number of benzene rings is 2. The molecule has 0 fully saturated rings. The Morgan fingerprint density at radius 2 is 1.95 bits per heavy atom. The fourth-order valence-electron chi connectivity index (χ4n) is 1.85. The van der Waals surface area contributed by atoms with Crippen molar-refractivity contribution in [3.05, 3.63) is 53.3 Å². The van der Waals surface area contributed by atoms with E-state index in [4.69, 9.17) is 10.5 Å². The van der Waals surface area contributed by atoms with Crippen molar-refractivity contribution in [3.63, 3.8) is 0 Å². The molecule has 0 unspecified atom stereocenters. The topological polar surface area (TPSA) is 47.3 Å². The molecule has 0 amide bonds. The minimum absolute atomic E-state index is 0.324. The van der Waals surface area contributed by atoms with Gasteiger partial charge in [-0.3, -0.25) is 0 Å². The van der Waals surface area contributed by atoms with Gasteiger partial charge < -0.3 is 15.8 Å². The summed E-state index contributed by atoms with van der Waals surface area (Å²) >= 11 is 0. The molecule has 2 aromatic carbocycles. The van der Waals surface area contributed by atoms with Crippen LogP contribution >= 0.6 is 0 Å². The predicted octanol–water partition coefficient (Wildman–Crippen LogP) is 3.35. The van der Waals surface area contributed by atoms with Gasteiger partial charge in [0.2, 0.25) is 0 Å². The first-order chi connectivity index (χ1) is 9.13. The number of hydrogen-bond donors (Lipinski definition) is 2. The van der Waals surface area contributed by atoms with Gasteiger partial charge >= 0.3 is 0 Å². The average molecular weight is 260 g/mol. The van der Waals surface area contributed by atoms with E-state index in [0.717, 1.165) is 16.8 Å². The first-order valence-corrected chi connectivity index (χ1v) is 6.04. The lowest BCUT2D eigenvalue weighted by atomic mass is 10.1. The van der Waals surface area contributed by atoms with Gasteiger partial charge in [-0.2, -0.15) is 0 Å². The third kappa shape index (κ3) is 3.03. The molecular weight excluding hydrogens is 243 g/mol. The minimum Gasteiger partial charge on any atom is -0.495 e. The Balaban J connectivity index is 2.33. The van der Waals surface area contributed by atoms with E-state index in [1.807, 2.05) is 25.1 Å². The van der Waals surface area contributed by atoms with Crippen molar-refractivity contribution in [2.24, 2.45) is 5.73 Å². The molecule has 0 aliphatic rings. The second kappa shape index (κ2) is 5.71. The number of nitrogens with one attached hydrogen (secondary N) is 1. The van der Waals surface area contributed by atoms with E-state index in [0.29, 0.717) is 18.0 Å². The van der Waals surface area contributed by atoms with Crippen molar-refractivity contribution in [2.75, 3.05) is 12.4 Å². The van der Waals surface area contributed by atoms with Crippen LogP contribution in [0.15, 0.2) is 36.4 Å². The Hall–Kier alpha value is -2.07. The van der Waals surface area contributed by atoms with Crippen LogP contribution < -0.4 is 15.8 Å². The van der Waals surface area contributed by atoms with Gasteiger partial charge in [0.05, 0.1) is 18.5 Å². The van der Waals surface area contributed by atoms with Crippen LogP contribution in [0.5, 0.6) is 5.75 Å². The number of nitrogens with two attached hydrogens (primary N) is 1. The number of halogens is 1. The van der Waals surface area contributed by atoms with Gasteiger partial charge in [0.1, 0.15) is 11.6 Å². The molecule has 0 heterocycles. The molecule has 3 nitrogen and oxygen atoms in total. The standard InChI is InChI=1S/C15H17FN2O/c1-10-3-6-15(19-2)14(7-10)18-13-5-4-11(9-17)8-12(13)16/h3-8,18H,9,17H2,1-2H3. The van der Waals surface area contributed by atoms with Gasteiger partial charge in [-0.1, -0.05) is 12.1 Å². The van der Waals surface area contributed by atoms with Crippen LogP contribution in [-0.2, 0) is 6.54 Å². The maximum absolute atomic E-state index is 13.9. The van der Waals surface area contributed by atoms with Crippen LogP contribution in [0.3, 0.4) is 0 Å². The van der Waals surface area contributed by atoms with Crippen LogP contribution in [0.4, 0.5) is 15.8 Å². The molecule has 0 bridgehead atoms. The average Bonchev–Trinajstić information content (AvgIpc) is 2.41. The summed E-state index contributed by atoms with van der Waals surface area (Å²) in [5.41, 5.74) is 8.46. The Bertz CT molecular complexity index is 584. The van der Waals surface area contributed by atoms with Crippen molar-refractivity contribution in [3.8, 4) is 5.75 Å².